The number of hydrogen-bond donors (Lipinski definition) is 2. The minimum atomic E-state index is -4.88. The normalized spacial score (nSPS) is 17.7. The summed E-state index contributed by atoms with van der Waals surface area (Å²) in [7, 11) is 1.75. The molecule has 326 valence electrons. The molecule has 13 nitrogen and oxygen atoms in total. The first kappa shape index (κ1) is 43.4. The molecular formula is C45H36F5N9O4S. The summed E-state index contributed by atoms with van der Waals surface area (Å²) in [5.41, 5.74) is -0.612. The summed E-state index contributed by atoms with van der Waals surface area (Å²) in [6.07, 6.45) is -2.90. The number of alkyl halides is 3. The van der Waals surface area contributed by atoms with Gasteiger partial charge in [0.1, 0.15) is 35.9 Å². The fourth-order valence-corrected chi connectivity index (χ4v) is 8.89. The maximum atomic E-state index is 15.6. The molecule has 0 radical (unpaired) electrons. The third kappa shape index (κ3) is 7.78. The van der Waals surface area contributed by atoms with Crippen LogP contribution in [0.25, 0.3) is 0 Å². The quantitative estimate of drug-likeness (QED) is 0.0571. The largest absolute Gasteiger partial charge is 0.417 e. The number of anilines is 4. The molecule has 4 heterocycles. The Morgan fingerprint density at radius 3 is 2.38 bits per heavy atom. The molecule has 0 aliphatic carbocycles. The van der Waals surface area contributed by atoms with Crippen molar-refractivity contribution in [1.82, 2.24) is 14.8 Å². The summed E-state index contributed by atoms with van der Waals surface area (Å²) >= 11 is 5.53. The summed E-state index contributed by atoms with van der Waals surface area (Å²) in [5.74, 6) is -3.18. The Kier molecular flexibility index (Phi) is 11.2. The maximum Gasteiger partial charge on any atom is 0.417 e. The van der Waals surface area contributed by atoms with Gasteiger partial charge in [0.15, 0.2) is 16.7 Å². The highest BCUT2D eigenvalue weighted by Crippen LogP contribution is 2.45. The van der Waals surface area contributed by atoms with Gasteiger partial charge in [-0.2, -0.15) is 23.5 Å². The van der Waals surface area contributed by atoms with E-state index in [0.717, 1.165) is 22.6 Å². The number of hydrogen-bond acceptors (Lipinski definition) is 10. The van der Waals surface area contributed by atoms with Crippen LogP contribution in [-0.2, 0) is 22.8 Å². The van der Waals surface area contributed by atoms with E-state index in [1.807, 2.05) is 12.1 Å². The summed E-state index contributed by atoms with van der Waals surface area (Å²) in [6.45, 7) is 2.82. The molecule has 2 N–H and O–H groups in total. The highest BCUT2D eigenvalue weighted by molar-refractivity contribution is 7.81. The Bertz CT molecular complexity index is 2870. The molecule has 0 unspecified atom stereocenters. The number of benzene rings is 4. The van der Waals surface area contributed by atoms with Gasteiger partial charge in [0.25, 0.3) is 5.91 Å². The van der Waals surface area contributed by atoms with Crippen molar-refractivity contribution in [3.8, 4) is 6.07 Å². The predicted molar refractivity (Wildman–Crippen MR) is 229 cm³/mol. The van der Waals surface area contributed by atoms with Gasteiger partial charge >= 0.3 is 6.18 Å². The molecule has 0 spiro atoms. The van der Waals surface area contributed by atoms with Crippen molar-refractivity contribution in [1.29, 1.82) is 5.26 Å². The van der Waals surface area contributed by atoms with E-state index in [4.69, 9.17) is 12.2 Å². The average molecular weight is 894 g/mol. The molecule has 4 aromatic carbocycles. The number of amides is 2. The number of carbonyl (C=O) groups is 4. The fraction of sp³-hybridized carbons (Fsp3) is 0.267. The van der Waals surface area contributed by atoms with Crippen LogP contribution in [0.4, 0.5) is 44.7 Å². The molecule has 3 aliphatic rings. The molecule has 3 aliphatic heterocycles. The lowest BCUT2D eigenvalue weighted by Gasteiger charge is -2.37. The van der Waals surface area contributed by atoms with Crippen molar-refractivity contribution < 1.29 is 41.1 Å². The summed E-state index contributed by atoms with van der Waals surface area (Å²) in [5, 5.41) is 19.4. The average Bonchev–Trinajstić information content (AvgIpc) is 3.75. The minimum Gasteiger partial charge on any atom is -0.376 e. The molecule has 5 aromatic rings. The molecule has 1 fully saturated rings. The van der Waals surface area contributed by atoms with E-state index >= 15 is 4.39 Å². The van der Waals surface area contributed by atoms with Crippen molar-refractivity contribution in [3.63, 3.8) is 0 Å². The van der Waals surface area contributed by atoms with Crippen molar-refractivity contribution >= 4 is 69.2 Å². The molecule has 2 amide bonds. The van der Waals surface area contributed by atoms with Gasteiger partial charge in [0, 0.05) is 48.1 Å². The second-order valence-corrected chi connectivity index (χ2v) is 16.3. The van der Waals surface area contributed by atoms with E-state index in [1.54, 1.807) is 23.9 Å². The second kappa shape index (κ2) is 16.5. The number of halogens is 5. The lowest BCUT2D eigenvalue weighted by Crippen LogP contribution is -2.44. The number of nitrogens with zero attached hydrogens (tertiary/aromatic N) is 7. The maximum absolute atomic E-state index is 15.6. The number of unbranched alkanes of at least 4 members (excludes halogenated alkanes) is 1. The number of carbonyl (C=O) groups excluding carboxylic acids is 4. The number of aromatic nitrogens is 3. The van der Waals surface area contributed by atoms with Gasteiger partial charge in [-0.3, -0.25) is 33.8 Å². The van der Waals surface area contributed by atoms with Crippen molar-refractivity contribution in [2.75, 3.05) is 27.0 Å². The number of nitriles is 1. The number of rotatable bonds is 11. The lowest BCUT2D eigenvalue weighted by molar-refractivity contribution is -0.137. The molecule has 0 bridgehead atoms. The Hall–Kier alpha value is -7.20. The van der Waals surface area contributed by atoms with Gasteiger partial charge in [-0.25, -0.2) is 13.8 Å². The number of nitrogens with one attached hydrogen (secondary N) is 2. The van der Waals surface area contributed by atoms with E-state index in [0.29, 0.717) is 41.0 Å². The van der Waals surface area contributed by atoms with Crippen LogP contribution in [0, 0.1) is 23.0 Å². The van der Waals surface area contributed by atoms with Crippen LogP contribution in [0.2, 0.25) is 0 Å². The number of aliphatic imine (C=N–C) groups is 1. The molecule has 1 aromatic heterocycles. The number of thiocarbonyl (C=S) groups is 1. The van der Waals surface area contributed by atoms with Crippen LogP contribution in [0.3, 0.4) is 0 Å². The van der Waals surface area contributed by atoms with Gasteiger partial charge in [-0.05, 0) is 105 Å². The van der Waals surface area contributed by atoms with E-state index in [1.165, 1.54) is 61.5 Å². The first-order valence-electron chi connectivity index (χ1n) is 19.9. The Morgan fingerprint density at radius 2 is 1.70 bits per heavy atom. The number of aryl methyl sites for hydroxylation is 1. The summed E-state index contributed by atoms with van der Waals surface area (Å²) in [6, 6.07) is 17.1. The molecule has 0 saturated carbocycles. The van der Waals surface area contributed by atoms with Gasteiger partial charge in [0.2, 0.25) is 5.91 Å². The first-order valence-corrected chi connectivity index (χ1v) is 20.3. The van der Waals surface area contributed by atoms with Crippen LogP contribution in [0.1, 0.15) is 100 Å². The van der Waals surface area contributed by atoms with Crippen LogP contribution in [-0.4, -0.2) is 61.1 Å². The van der Waals surface area contributed by atoms with Gasteiger partial charge in [-0.1, -0.05) is 12.1 Å². The Morgan fingerprint density at radius 1 is 0.984 bits per heavy atom. The summed E-state index contributed by atoms with van der Waals surface area (Å²) in [4.78, 5) is 63.6. The molecule has 19 heteroatoms. The highest BCUT2D eigenvalue weighted by Gasteiger charge is 2.51. The van der Waals surface area contributed by atoms with Crippen LogP contribution in [0.5, 0.6) is 0 Å². The van der Waals surface area contributed by atoms with E-state index in [2.05, 4.69) is 25.7 Å². The SMILES string of the molecule is Cn1ncnc1[C@H]1C2=NCC(=O)c3cc(F)cc(c32)N[C@@H]1c1ccc(NC(=O)CCCCC(=O)c2ccc(N3C(=S)N(c4ccc(C#N)c(C(F)(F)F)c4)C(=O)C3(C)C)cc2F)cc1. The zero-order chi connectivity index (χ0) is 45.8. The molecule has 2 atom stereocenters. The van der Waals surface area contributed by atoms with Crippen molar-refractivity contribution in [2.24, 2.45) is 12.0 Å². The summed E-state index contributed by atoms with van der Waals surface area (Å²) < 4.78 is 73.0. The number of Topliss-reactive ketones (excluding diaryl/α,β-unsaturated/α-hetero) is 2. The number of ketones is 2. The standard InChI is InChI=1S/C45H36F5N9O4S/c1-44(2)42(63)58(27-13-10-24(20-51)31(18-27)45(48,49)50)43(64)59(44)28-14-15-29(32(47)19-28)34(60)6-4-5-7-36(62)55-26-11-8-23(9-12-26)39-38(41-53-22-54-57(41)3)40-37-30(35(61)21-52-40)16-25(46)17-33(37)56-39/h8-19,22,38-39,56H,4-7,21H2,1-3H3,(H,55,62)/t38-,39-/m1/s1. The lowest BCUT2D eigenvalue weighted by atomic mass is 9.78. The zero-order valence-corrected chi connectivity index (χ0v) is 35.1. The molecule has 1 saturated heterocycles. The van der Waals surface area contributed by atoms with Gasteiger partial charge < -0.3 is 15.5 Å². The Labute approximate surface area is 367 Å². The van der Waals surface area contributed by atoms with Gasteiger partial charge in [-0.15, -0.1) is 0 Å². The van der Waals surface area contributed by atoms with Crippen LogP contribution < -0.4 is 20.4 Å². The Balaban J connectivity index is 0.883. The zero-order valence-electron chi connectivity index (χ0n) is 34.3. The van der Waals surface area contributed by atoms with Crippen LogP contribution in [0.15, 0.2) is 84.1 Å². The third-order valence-electron chi connectivity index (χ3n) is 11.5. The van der Waals surface area contributed by atoms with Crippen molar-refractivity contribution in [3.05, 3.63) is 130 Å². The highest BCUT2D eigenvalue weighted by atomic mass is 32.1. The van der Waals surface area contributed by atoms with Gasteiger partial charge in [0.05, 0.1) is 46.1 Å². The van der Waals surface area contributed by atoms with Crippen LogP contribution >= 0.6 is 12.2 Å². The topological polar surface area (TPSA) is 166 Å². The second-order valence-electron chi connectivity index (χ2n) is 16.0. The van der Waals surface area contributed by atoms with E-state index < -0.39 is 58.1 Å². The first-order chi connectivity index (χ1) is 30.4. The molecule has 8 rings (SSSR count). The molecule has 64 heavy (non-hydrogen) atoms. The van der Waals surface area contributed by atoms with E-state index in [-0.39, 0.29) is 65.1 Å². The van der Waals surface area contributed by atoms with E-state index in [9.17, 15) is 42.0 Å². The smallest absolute Gasteiger partial charge is 0.376 e. The third-order valence-corrected chi connectivity index (χ3v) is 11.9. The predicted octanol–water partition coefficient (Wildman–Crippen LogP) is 8.22. The minimum absolute atomic E-state index is 0.0633. The van der Waals surface area contributed by atoms with Crippen molar-refractivity contribution in [2.45, 2.75) is 63.2 Å². The fourth-order valence-electron chi connectivity index (χ4n) is 8.37. The monoisotopic (exact) mass is 893 g/mol. The molecular weight excluding hydrogens is 858 g/mol.